The van der Waals surface area contributed by atoms with Gasteiger partial charge in [-0.2, -0.15) is 0 Å². The lowest BCUT2D eigenvalue weighted by Gasteiger charge is -2.21. The monoisotopic (exact) mass is 258 g/mol. The van der Waals surface area contributed by atoms with E-state index in [9.17, 15) is 4.79 Å². The average molecular weight is 258 g/mol. The van der Waals surface area contributed by atoms with Gasteiger partial charge >= 0.3 is 0 Å². The van der Waals surface area contributed by atoms with Crippen LogP contribution in [0.3, 0.4) is 0 Å². The van der Waals surface area contributed by atoms with Crippen LogP contribution in [-0.2, 0) is 11.3 Å². The number of hydrogen-bond acceptors (Lipinski definition) is 3. The summed E-state index contributed by atoms with van der Waals surface area (Å²) < 4.78 is 0. The van der Waals surface area contributed by atoms with Gasteiger partial charge < -0.3 is 10.8 Å². The van der Waals surface area contributed by atoms with Crippen molar-refractivity contribution in [1.29, 1.82) is 0 Å². The first kappa shape index (κ1) is 13.6. The fraction of sp³-hybridized carbons (Fsp3) is 0.400. The number of likely N-dealkylation sites (tertiary alicyclic amines) is 1. The molecule has 0 aromatic heterocycles. The van der Waals surface area contributed by atoms with Crippen molar-refractivity contribution < 1.29 is 9.90 Å². The number of nitrogens with two attached hydrogens (primary N) is 1. The Morgan fingerprint density at radius 2 is 2.16 bits per heavy atom. The van der Waals surface area contributed by atoms with E-state index in [1.165, 1.54) is 0 Å². The maximum Gasteiger partial charge on any atom is 0.234 e. The fourth-order valence-corrected chi connectivity index (χ4v) is 2.41. The van der Waals surface area contributed by atoms with E-state index in [-0.39, 0.29) is 18.6 Å². The number of carbonyl (C=O) groups excluding carboxylic acids is 1. The summed E-state index contributed by atoms with van der Waals surface area (Å²) in [5, 5.41) is 8.63. The molecule has 0 bridgehead atoms. The number of hydrogen-bond donors (Lipinski definition) is 2. The average Bonchev–Trinajstić information content (AvgIpc) is 2.86. The molecule has 1 heterocycles. The highest BCUT2D eigenvalue weighted by molar-refractivity contribution is 5.80. The van der Waals surface area contributed by atoms with Crippen LogP contribution in [0, 0.1) is 11.8 Å². The number of amides is 1. The molecule has 1 aliphatic heterocycles. The molecule has 100 valence electrons. The van der Waals surface area contributed by atoms with Crippen molar-refractivity contribution in [2.24, 2.45) is 5.73 Å². The maximum absolute atomic E-state index is 11.3. The minimum absolute atomic E-state index is 0.129. The lowest BCUT2D eigenvalue weighted by molar-refractivity contribution is -0.122. The van der Waals surface area contributed by atoms with Gasteiger partial charge in [0.2, 0.25) is 5.91 Å². The van der Waals surface area contributed by atoms with E-state index in [1.54, 1.807) is 0 Å². The van der Waals surface area contributed by atoms with E-state index >= 15 is 0 Å². The van der Waals surface area contributed by atoms with E-state index in [2.05, 4.69) is 16.7 Å². The van der Waals surface area contributed by atoms with Gasteiger partial charge in [0, 0.05) is 12.1 Å². The predicted octanol–water partition coefficient (Wildman–Crippen LogP) is 0.480. The van der Waals surface area contributed by atoms with Crippen molar-refractivity contribution in [2.45, 2.75) is 25.4 Å². The Hall–Kier alpha value is -1.83. The molecule has 4 nitrogen and oxygen atoms in total. The highest BCUT2D eigenvalue weighted by Gasteiger charge is 2.28. The molecule has 1 aromatic rings. The molecule has 1 amide bonds. The zero-order valence-electron chi connectivity index (χ0n) is 10.8. The van der Waals surface area contributed by atoms with Crippen molar-refractivity contribution >= 4 is 5.91 Å². The van der Waals surface area contributed by atoms with Gasteiger partial charge in [-0.15, -0.1) is 0 Å². The first-order valence-corrected chi connectivity index (χ1v) is 6.43. The summed E-state index contributed by atoms with van der Waals surface area (Å²) in [6.07, 6.45) is 1.88. The molecule has 1 fully saturated rings. The largest absolute Gasteiger partial charge is 0.384 e. The summed E-state index contributed by atoms with van der Waals surface area (Å²) in [5.41, 5.74) is 7.42. The smallest absolute Gasteiger partial charge is 0.234 e. The van der Waals surface area contributed by atoms with Gasteiger partial charge in [0.1, 0.15) is 6.61 Å². The lowest BCUT2D eigenvalue weighted by Crippen LogP contribution is -2.39. The minimum atomic E-state index is -0.233. The third-order valence-electron chi connectivity index (χ3n) is 3.34. The van der Waals surface area contributed by atoms with Crippen LogP contribution in [-0.4, -0.2) is 35.1 Å². The van der Waals surface area contributed by atoms with Crippen LogP contribution in [0.2, 0.25) is 0 Å². The highest BCUT2D eigenvalue weighted by Crippen LogP contribution is 2.19. The number of aliphatic hydroxyl groups excluding tert-OH is 1. The van der Waals surface area contributed by atoms with Crippen LogP contribution in [0.4, 0.5) is 0 Å². The third-order valence-corrected chi connectivity index (χ3v) is 3.34. The number of rotatable bonds is 3. The van der Waals surface area contributed by atoms with E-state index in [0.717, 1.165) is 37.1 Å². The Balaban J connectivity index is 2.01. The molecule has 0 saturated carbocycles. The Morgan fingerprint density at radius 1 is 1.42 bits per heavy atom. The van der Waals surface area contributed by atoms with Crippen LogP contribution >= 0.6 is 0 Å². The standard InChI is InChI=1S/C15H18N2O2/c16-15(19)14-4-1-9-17(14)11-13-7-5-12(6-8-13)3-2-10-18/h5-8,14,18H,1,4,9-11H2,(H2,16,19). The van der Waals surface area contributed by atoms with E-state index in [0.29, 0.717) is 0 Å². The topological polar surface area (TPSA) is 66.6 Å². The summed E-state index contributed by atoms with van der Waals surface area (Å²) in [7, 11) is 0. The number of aliphatic hydroxyl groups is 1. The fourth-order valence-electron chi connectivity index (χ4n) is 2.41. The van der Waals surface area contributed by atoms with E-state index in [4.69, 9.17) is 10.8 Å². The molecule has 1 atom stereocenters. The Kier molecular flexibility index (Phi) is 4.56. The molecule has 2 rings (SSSR count). The summed E-state index contributed by atoms with van der Waals surface area (Å²) in [6, 6.07) is 7.71. The zero-order chi connectivity index (χ0) is 13.7. The van der Waals surface area contributed by atoms with Crippen LogP contribution in [0.25, 0.3) is 0 Å². The van der Waals surface area contributed by atoms with Gasteiger partial charge in [-0.05, 0) is 37.1 Å². The molecule has 0 spiro atoms. The SMILES string of the molecule is NC(=O)C1CCCN1Cc1ccc(C#CCO)cc1. The zero-order valence-corrected chi connectivity index (χ0v) is 10.8. The molecule has 19 heavy (non-hydrogen) atoms. The first-order valence-electron chi connectivity index (χ1n) is 6.43. The van der Waals surface area contributed by atoms with Gasteiger partial charge in [0.25, 0.3) is 0 Å². The second kappa shape index (κ2) is 6.37. The van der Waals surface area contributed by atoms with Crippen molar-refractivity contribution in [2.75, 3.05) is 13.2 Å². The summed E-state index contributed by atoms with van der Waals surface area (Å²) in [6.45, 7) is 1.52. The molecule has 0 radical (unpaired) electrons. The van der Waals surface area contributed by atoms with Crippen LogP contribution in [0.1, 0.15) is 24.0 Å². The van der Waals surface area contributed by atoms with Crippen LogP contribution in [0.15, 0.2) is 24.3 Å². The number of benzene rings is 1. The van der Waals surface area contributed by atoms with Crippen LogP contribution < -0.4 is 5.73 Å². The predicted molar refractivity (Wildman–Crippen MR) is 73.0 cm³/mol. The molecular weight excluding hydrogens is 240 g/mol. The van der Waals surface area contributed by atoms with Gasteiger partial charge in [0.15, 0.2) is 0 Å². The summed E-state index contributed by atoms with van der Waals surface area (Å²) in [4.78, 5) is 13.4. The molecular formula is C15H18N2O2. The van der Waals surface area contributed by atoms with Crippen molar-refractivity contribution in [3.8, 4) is 11.8 Å². The van der Waals surface area contributed by atoms with Crippen molar-refractivity contribution in [3.63, 3.8) is 0 Å². The minimum Gasteiger partial charge on any atom is -0.384 e. The Labute approximate surface area is 113 Å². The third kappa shape index (κ3) is 3.57. The van der Waals surface area contributed by atoms with Gasteiger partial charge in [-0.3, -0.25) is 9.69 Å². The molecule has 3 N–H and O–H groups in total. The quantitative estimate of drug-likeness (QED) is 0.775. The molecule has 1 saturated heterocycles. The Bertz CT molecular complexity index is 499. The first-order chi connectivity index (χ1) is 9.20. The molecule has 1 aliphatic rings. The van der Waals surface area contributed by atoms with Crippen LogP contribution in [0.5, 0.6) is 0 Å². The molecule has 0 aliphatic carbocycles. The van der Waals surface area contributed by atoms with Gasteiger partial charge in [0.05, 0.1) is 6.04 Å². The normalized spacial score (nSPS) is 18.9. The summed E-state index contributed by atoms with van der Waals surface area (Å²) >= 11 is 0. The maximum atomic E-state index is 11.3. The van der Waals surface area contributed by atoms with Gasteiger partial charge in [-0.25, -0.2) is 0 Å². The number of primary amides is 1. The number of carbonyl (C=O) groups is 1. The second-order valence-electron chi connectivity index (χ2n) is 4.69. The molecule has 1 unspecified atom stereocenters. The summed E-state index contributed by atoms with van der Waals surface area (Å²) in [5.74, 6) is 5.23. The molecule has 4 heteroatoms. The van der Waals surface area contributed by atoms with E-state index in [1.807, 2.05) is 24.3 Å². The highest BCUT2D eigenvalue weighted by atomic mass is 16.2. The Morgan fingerprint density at radius 3 is 2.79 bits per heavy atom. The van der Waals surface area contributed by atoms with E-state index < -0.39 is 0 Å². The van der Waals surface area contributed by atoms with Crippen molar-refractivity contribution in [3.05, 3.63) is 35.4 Å². The van der Waals surface area contributed by atoms with Gasteiger partial charge in [-0.1, -0.05) is 24.0 Å². The second-order valence-corrected chi connectivity index (χ2v) is 4.69. The van der Waals surface area contributed by atoms with Crippen molar-refractivity contribution in [1.82, 2.24) is 4.90 Å². The number of nitrogens with zero attached hydrogens (tertiary/aromatic N) is 1. The molecule has 1 aromatic carbocycles. The lowest BCUT2D eigenvalue weighted by atomic mass is 10.1.